The first-order valence-electron chi connectivity index (χ1n) is 15.7. The largest absolute Gasteiger partial charge is 0.416 e. The van der Waals surface area contributed by atoms with Gasteiger partial charge in [-0.3, -0.25) is 24.0 Å². The first kappa shape index (κ1) is 40.9. The monoisotopic (exact) mass is 703 g/mol. The summed E-state index contributed by atoms with van der Waals surface area (Å²) >= 11 is 0. The summed E-state index contributed by atoms with van der Waals surface area (Å²) in [6, 6.07) is 17.5. The Morgan fingerprint density at radius 1 is 0.780 bits per heavy atom. The quantitative estimate of drug-likeness (QED) is 0.132. The highest BCUT2D eigenvalue weighted by atomic mass is 19.4. The fraction of sp³-hybridized carbons (Fsp3) is 0.343. The van der Waals surface area contributed by atoms with E-state index in [4.69, 9.17) is 5.73 Å². The van der Waals surface area contributed by atoms with E-state index >= 15 is 0 Å². The summed E-state index contributed by atoms with van der Waals surface area (Å²) < 4.78 is 52.4. The van der Waals surface area contributed by atoms with Crippen molar-refractivity contribution in [2.75, 3.05) is 13.1 Å². The molecule has 270 valence electrons. The maximum atomic E-state index is 13.2. The molecule has 0 saturated heterocycles. The van der Waals surface area contributed by atoms with Crippen LogP contribution in [0.1, 0.15) is 49.0 Å². The number of aliphatic hydroxyl groups is 1. The SMILES string of the molecule is CCC.NC(=O)CCC(NC(=O)CNC(=O)[C@H](Cc1ccccc1)NC(=O)CNC(=O)c1ccc(-c2ccc(F)cc2)cc1)C(O)C(F)(F)F. The minimum Gasteiger partial charge on any atom is -0.382 e. The van der Waals surface area contributed by atoms with Crippen molar-refractivity contribution in [3.05, 3.63) is 95.8 Å². The Balaban J connectivity index is 0.00000278. The van der Waals surface area contributed by atoms with Gasteiger partial charge in [0, 0.05) is 18.4 Å². The summed E-state index contributed by atoms with van der Waals surface area (Å²) in [5, 5.41) is 18.7. The van der Waals surface area contributed by atoms with E-state index in [0.717, 1.165) is 11.1 Å². The molecule has 7 N–H and O–H groups in total. The molecule has 15 heteroatoms. The molecule has 0 heterocycles. The lowest BCUT2D eigenvalue weighted by molar-refractivity contribution is -0.212. The van der Waals surface area contributed by atoms with Gasteiger partial charge >= 0.3 is 6.18 Å². The van der Waals surface area contributed by atoms with Crippen LogP contribution >= 0.6 is 0 Å². The number of primary amides is 1. The van der Waals surface area contributed by atoms with E-state index < -0.39 is 79.8 Å². The summed E-state index contributed by atoms with van der Waals surface area (Å²) in [5.74, 6) is -4.62. The Labute approximate surface area is 287 Å². The van der Waals surface area contributed by atoms with E-state index in [1.54, 1.807) is 54.6 Å². The Hall–Kier alpha value is -5.31. The molecule has 0 aromatic heterocycles. The topological polar surface area (TPSA) is 180 Å². The molecular formula is C35H41F4N5O6. The second-order valence-electron chi connectivity index (χ2n) is 11.2. The van der Waals surface area contributed by atoms with Crippen LogP contribution in [-0.4, -0.2) is 72.1 Å². The molecule has 11 nitrogen and oxygen atoms in total. The van der Waals surface area contributed by atoms with Crippen molar-refractivity contribution < 1.29 is 46.6 Å². The van der Waals surface area contributed by atoms with E-state index in [0.29, 0.717) is 5.56 Å². The van der Waals surface area contributed by atoms with Gasteiger partial charge in [0.2, 0.25) is 23.6 Å². The summed E-state index contributed by atoms with van der Waals surface area (Å²) in [6.45, 7) is 2.91. The summed E-state index contributed by atoms with van der Waals surface area (Å²) in [6.07, 6.45) is -8.03. The van der Waals surface area contributed by atoms with Crippen molar-refractivity contribution in [1.82, 2.24) is 21.3 Å². The predicted octanol–water partition coefficient (Wildman–Crippen LogP) is 3.16. The average molecular weight is 704 g/mol. The van der Waals surface area contributed by atoms with Crippen molar-refractivity contribution in [3.8, 4) is 11.1 Å². The number of carbonyl (C=O) groups is 5. The zero-order valence-electron chi connectivity index (χ0n) is 27.6. The Morgan fingerprint density at radius 2 is 1.30 bits per heavy atom. The van der Waals surface area contributed by atoms with Gasteiger partial charge in [0.25, 0.3) is 5.91 Å². The van der Waals surface area contributed by atoms with Crippen LogP contribution in [-0.2, 0) is 25.6 Å². The van der Waals surface area contributed by atoms with Gasteiger partial charge in [-0.2, -0.15) is 13.2 Å². The Morgan fingerprint density at radius 3 is 1.84 bits per heavy atom. The van der Waals surface area contributed by atoms with E-state index in [1.165, 1.54) is 30.7 Å². The van der Waals surface area contributed by atoms with Gasteiger partial charge < -0.3 is 32.1 Å². The van der Waals surface area contributed by atoms with Crippen LogP contribution in [0.3, 0.4) is 0 Å². The maximum Gasteiger partial charge on any atom is 0.416 e. The second-order valence-corrected chi connectivity index (χ2v) is 11.2. The number of alkyl halides is 3. The van der Waals surface area contributed by atoms with Crippen molar-refractivity contribution in [2.45, 2.75) is 63.9 Å². The van der Waals surface area contributed by atoms with Crippen molar-refractivity contribution >= 4 is 29.5 Å². The van der Waals surface area contributed by atoms with Crippen molar-refractivity contribution in [2.24, 2.45) is 5.73 Å². The normalized spacial score (nSPS) is 12.6. The number of rotatable bonds is 15. The third-order valence-corrected chi connectivity index (χ3v) is 6.86. The Bertz CT molecular complexity index is 1550. The molecule has 5 amide bonds. The molecule has 0 aliphatic carbocycles. The Kier molecular flexibility index (Phi) is 16.6. The summed E-state index contributed by atoms with van der Waals surface area (Å²) in [4.78, 5) is 61.8. The zero-order chi connectivity index (χ0) is 37.3. The number of nitrogens with two attached hydrogens (primary N) is 1. The molecule has 0 aliphatic heterocycles. The van der Waals surface area contributed by atoms with Crippen LogP contribution < -0.4 is 27.0 Å². The van der Waals surface area contributed by atoms with E-state index in [9.17, 15) is 46.6 Å². The summed E-state index contributed by atoms with van der Waals surface area (Å²) in [5.41, 5.74) is 7.31. The number of amides is 5. The maximum absolute atomic E-state index is 13.2. The molecular weight excluding hydrogens is 662 g/mol. The highest BCUT2D eigenvalue weighted by Gasteiger charge is 2.44. The minimum absolute atomic E-state index is 0.0349. The summed E-state index contributed by atoms with van der Waals surface area (Å²) in [7, 11) is 0. The molecule has 3 rings (SSSR count). The third-order valence-electron chi connectivity index (χ3n) is 6.86. The molecule has 0 bridgehead atoms. The zero-order valence-corrected chi connectivity index (χ0v) is 27.6. The minimum atomic E-state index is -5.10. The van der Waals surface area contributed by atoms with E-state index in [-0.39, 0.29) is 17.8 Å². The van der Waals surface area contributed by atoms with Crippen LogP contribution in [0.2, 0.25) is 0 Å². The fourth-order valence-corrected chi connectivity index (χ4v) is 4.41. The van der Waals surface area contributed by atoms with Crippen molar-refractivity contribution in [1.29, 1.82) is 0 Å². The van der Waals surface area contributed by atoms with Gasteiger partial charge in [-0.05, 0) is 47.4 Å². The van der Waals surface area contributed by atoms with Gasteiger partial charge in [-0.25, -0.2) is 4.39 Å². The average Bonchev–Trinajstić information content (AvgIpc) is 3.08. The van der Waals surface area contributed by atoms with Gasteiger partial charge in [-0.1, -0.05) is 74.9 Å². The van der Waals surface area contributed by atoms with Gasteiger partial charge in [0.1, 0.15) is 11.9 Å². The molecule has 2 unspecified atom stereocenters. The highest BCUT2D eigenvalue weighted by molar-refractivity contribution is 5.97. The molecule has 3 aromatic carbocycles. The molecule has 3 atom stereocenters. The first-order chi connectivity index (χ1) is 23.6. The molecule has 50 heavy (non-hydrogen) atoms. The highest BCUT2D eigenvalue weighted by Crippen LogP contribution is 2.24. The number of benzene rings is 3. The number of hydrogen-bond donors (Lipinski definition) is 6. The smallest absolute Gasteiger partial charge is 0.382 e. The lowest BCUT2D eigenvalue weighted by atomic mass is 10.0. The van der Waals surface area contributed by atoms with Crippen molar-refractivity contribution in [3.63, 3.8) is 0 Å². The molecule has 0 saturated carbocycles. The lowest BCUT2D eigenvalue weighted by Crippen LogP contribution is -2.54. The third kappa shape index (κ3) is 14.4. The standard InChI is InChI=1S/C32H33F4N5O6.C3H8/c33-23-12-10-21(11-13-23)20-6-8-22(9-7-20)30(46)38-17-28(44)41-25(16-19-4-2-1-3-5-19)31(47)39-18-27(43)40-24(14-15-26(37)42)29(45)32(34,35)36;1-3-2/h1-13,24-25,29,45H,14-18H2,(H2,37,42)(H,38,46)(H,39,47)(H,40,43)(H,41,44);3H2,1-2H3/t24?,25-,29?;/m0./s1. The molecule has 0 fully saturated rings. The number of carbonyl (C=O) groups excluding carboxylic acids is 5. The van der Waals surface area contributed by atoms with E-state index in [2.05, 4.69) is 29.8 Å². The fourth-order valence-electron chi connectivity index (χ4n) is 4.41. The van der Waals surface area contributed by atoms with Gasteiger partial charge in [0.05, 0.1) is 19.1 Å². The molecule has 0 aliphatic rings. The number of aliphatic hydroxyl groups excluding tert-OH is 1. The van der Waals surface area contributed by atoms with Crippen LogP contribution in [0.25, 0.3) is 11.1 Å². The second kappa shape index (κ2) is 20.3. The lowest BCUT2D eigenvalue weighted by Gasteiger charge is -2.26. The predicted molar refractivity (Wildman–Crippen MR) is 178 cm³/mol. The number of halogens is 4. The first-order valence-corrected chi connectivity index (χ1v) is 15.7. The van der Waals surface area contributed by atoms with Crippen LogP contribution in [0.15, 0.2) is 78.9 Å². The molecule has 0 radical (unpaired) electrons. The number of nitrogens with one attached hydrogen (secondary N) is 4. The van der Waals surface area contributed by atoms with E-state index in [1.807, 2.05) is 5.32 Å². The molecule has 0 spiro atoms. The number of hydrogen-bond acceptors (Lipinski definition) is 6. The molecule has 3 aromatic rings. The van der Waals surface area contributed by atoms with Gasteiger partial charge in [0.15, 0.2) is 6.10 Å². The van der Waals surface area contributed by atoms with Gasteiger partial charge in [-0.15, -0.1) is 0 Å². The van der Waals surface area contributed by atoms with Crippen LogP contribution in [0.5, 0.6) is 0 Å². The van der Waals surface area contributed by atoms with Crippen LogP contribution in [0, 0.1) is 5.82 Å². The van der Waals surface area contributed by atoms with Crippen LogP contribution in [0.4, 0.5) is 17.6 Å².